The van der Waals surface area contributed by atoms with Crippen LogP contribution in [0.5, 0.6) is 0 Å². The van der Waals surface area contributed by atoms with E-state index in [9.17, 15) is 19.2 Å². The minimum atomic E-state index is -0.980. The number of hydrogen-bond acceptors (Lipinski definition) is 7. The normalized spacial score (nSPS) is 22.3. The molecule has 2 saturated heterocycles. The van der Waals surface area contributed by atoms with E-state index >= 15 is 0 Å². The van der Waals surface area contributed by atoms with Gasteiger partial charge in [-0.05, 0) is 51.4 Å². The van der Waals surface area contributed by atoms with Crippen molar-refractivity contribution in [3.8, 4) is 0 Å². The number of benzene rings is 1. The van der Waals surface area contributed by atoms with Crippen molar-refractivity contribution in [2.24, 2.45) is 0 Å². The molecule has 1 unspecified atom stereocenters. The zero-order valence-corrected chi connectivity index (χ0v) is 18.4. The summed E-state index contributed by atoms with van der Waals surface area (Å²) in [5, 5.41) is 13.4. The van der Waals surface area contributed by atoms with Gasteiger partial charge in [0, 0.05) is 30.4 Å². The number of piperidine rings is 2. The molecular weight excluding hydrogens is 424 g/mol. The second-order valence-corrected chi connectivity index (χ2v) is 9.07. The molecule has 0 spiro atoms. The molecule has 10 nitrogen and oxygen atoms in total. The third kappa shape index (κ3) is 3.70. The molecule has 3 aliphatic rings. The zero-order valence-electron chi connectivity index (χ0n) is 18.4. The number of amides is 4. The number of fused-ring (bicyclic) bond motifs is 1. The molecule has 0 bridgehead atoms. The average Bonchev–Trinajstić information content (AvgIpc) is 3.38. The van der Waals surface area contributed by atoms with E-state index in [2.05, 4.69) is 28.0 Å². The number of anilines is 1. The fourth-order valence-corrected chi connectivity index (χ4v) is 4.80. The number of nitrogens with one attached hydrogen (secondary N) is 3. The van der Waals surface area contributed by atoms with Crippen molar-refractivity contribution < 1.29 is 19.2 Å². The average molecular weight is 450 g/mol. The van der Waals surface area contributed by atoms with E-state index in [0.29, 0.717) is 12.2 Å². The first-order valence-corrected chi connectivity index (χ1v) is 11.2. The van der Waals surface area contributed by atoms with Gasteiger partial charge in [-0.3, -0.25) is 34.1 Å². The first-order valence-electron chi connectivity index (χ1n) is 11.2. The van der Waals surface area contributed by atoms with E-state index in [1.165, 1.54) is 0 Å². The summed E-state index contributed by atoms with van der Waals surface area (Å²) in [5.41, 5.74) is 1.98. The minimum absolute atomic E-state index is 0.0255. The van der Waals surface area contributed by atoms with Crippen LogP contribution in [-0.2, 0) is 21.7 Å². The summed E-state index contributed by atoms with van der Waals surface area (Å²) in [4.78, 5) is 50.9. The van der Waals surface area contributed by atoms with E-state index in [0.717, 1.165) is 36.4 Å². The van der Waals surface area contributed by atoms with Crippen LogP contribution in [0.3, 0.4) is 0 Å². The molecule has 10 heteroatoms. The van der Waals surface area contributed by atoms with Gasteiger partial charge in [0.1, 0.15) is 6.04 Å². The highest BCUT2D eigenvalue weighted by Crippen LogP contribution is 2.33. The Morgan fingerprint density at radius 2 is 1.94 bits per heavy atom. The van der Waals surface area contributed by atoms with Gasteiger partial charge in [-0.25, -0.2) is 0 Å². The van der Waals surface area contributed by atoms with Crippen LogP contribution in [0.2, 0.25) is 0 Å². The molecular formula is C23H26N6O4. The Hall–Kier alpha value is -3.53. The topological polar surface area (TPSA) is 125 Å². The van der Waals surface area contributed by atoms with Crippen molar-refractivity contribution in [2.75, 3.05) is 18.4 Å². The van der Waals surface area contributed by atoms with Crippen LogP contribution < -0.4 is 16.0 Å². The molecule has 5 rings (SSSR count). The summed E-state index contributed by atoms with van der Waals surface area (Å²) >= 11 is 0. The van der Waals surface area contributed by atoms with Gasteiger partial charge in [-0.1, -0.05) is 6.07 Å². The second-order valence-electron chi connectivity index (χ2n) is 9.07. The van der Waals surface area contributed by atoms with E-state index in [1.54, 1.807) is 18.2 Å². The van der Waals surface area contributed by atoms with Gasteiger partial charge in [0.15, 0.2) is 0 Å². The lowest BCUT2D eigenvalue weighted by Crippen LogP contribution is -2.54. The monoisotopic (exact) mass is 450 g/mol. The van der Waals surface area contributed by atoms with Crippen molar-refractivity contribution in [3.63, 3.8) is 0 Å². The van der Waals surface area contributed by atoms with E-state index < -0.39 is 29.7 Å². The maximum atomic E-state index is 13.2. The smallest absolute Gasteiger partial charge is 0.264 e. The van der Waals surface area contributed by atoms with Crippen LogP contribution in [-0.4, -0.2) is 57.4 Å². The largest absolute Gasteiger partial charge is 0.380 e. The Morgan fingerprint density at radius 1 is 1.15 bits per heavy atom. The summed E-state index contributed by atoms with van der Waals surface area (Å²) in [6, 6.07) is 4.06. The molecule has 4 heterocycles. The van der Waals surface area contributed by atoms with Crippen molar-refractivity contribution >= 4 is 29.3 Å². The number of rotatable bonds is 5. The van der Waals surface area contributed by atoms with Crippen LogP contribution in [0.1, 0.15) is 58.9 Å². The van der Waals surface area contributed by atoms with E-state index in [-0.39, 0.29) is 29.5 Å². The van der Waals surface area contributed by atoms with Crippen molar-refractivity contribution in [1.29, 1.82) is 0 Å². The minimum Gasteiger partial charge on any atom is -0.380 e. The molecule has 0 aliphatic carbocycles. The quantitative estimate of drug-likeness (QED) is 0.580. The summed E-state index contributed by atoms with van der Waals surface area (Å²) in [5.74, 6) is -2.05. The van der Waals surface area contributed by atoms with E-state index in [4.69, 9.17) is 0 Å². The molecule has 2 fully saturated rings. The predicted octanol–water partition coefficient (Wildman–Crippen LogP) is 0.995. The highest BCUT2D eigenvalue weighted by Gasteiger charge is 2.45. The first-order chi connectivity index (χ1) is 15.9. The molecule has 3 N–H and O–H groups in total. The summed E-state index contributed by atoms with van der Waals surface area (Å²) in [6.45, 7) is 4.56. The Balaban J connectivity index is 1.34. The molecule has 2 aromatic rings. The summed E-state index contributed by atoms with van der Waals surface area (Å²) in [7, 11) is 0. The van der Waals surface area contributed by atoms with Crippen molar-refractivity contribution in [1.82, 2.24) is 25.3 Å². The SMILES string of the molecule is CC1(n2cc(CNc3cccc4c3C(=O)N(C3CCC(=O)NC3=O)C4=O)cn2)CCNCC1. The van der Waals surface area contributed by atoms with E-state index in [1.807, 2.05) is 17.1 Å². The molecule has 1 atom stereocenters. The van der Waals surface area contributed by atoms with Gasteiger partial charge < -0.3 is 10.6 Å². The number of carbonyl (C=O) groups excluding carboxylic acids is 4. The number of aromatic nitrogens is 2. The molecule has 3 aliphatic heterocycles. The standard InChI is InChI=1S/C23H26N6O4/c1-23(7-9-24-10-8-23)28-13-14(12-26-28)11-25-16-4-2-3-15-19(16)22(33)29(21(15)32)17-5-6-18(30)27-20(17)31/h2-4,12-13,17,24-25H,5-11H2,1H3,(H,27,30,31). The van der Waals surface area contributed by atoms with Crippen LogP contribution in [0.15, 0.2) is 30.6 Å². The molecule has 4 amide bonds. The Bertz CT molecular complexity index is 1150. The molecule has 1 aromatic heterocycles. The Morgan fingerprint density at radius 3 is 2.70 bits per heavy atom. The number of imide groups is 2. The Labute approximate surface area is 190 Å². The van der Waals surface area contributed by atoms with Crippen molar-refractivity contribution in [2.45, 2.75) is 50.7 Å². The van der Waals surface area contributed by atoms with Crippen LogP contribution >= 0.6 is 0 Å². The lowest BCUT2D eigenvalue weighted by molar-refractivity contribution is -0.136. The highest BCUT2D eigenvalue weighted by atomic mass is 16.2. The molecule has 172 valence electrons. The number of hydrogen-bond donors (Lipinski definition) is 3. The van der Waals surface area contributed by atoms with Crippen LogP contribution in [0.4, 0.5) is 5.69 Å². The maximum Gasteiger partial charge on any atom is 0.264 e. The third-order valence-electron chi connectivity index (χ3n) is 6.82. The molecule has 0 radical (unpaired) electrons. The maximum absolute atomic E-state index is 13.2. The molecule has 1 aromatic carbocycles. The summed E-state index contributed by atoms with van der Waals surface area (Å²) in [6.07, 6.45) is 6.05. The number of carbonyl (C=O) groups is 4. The Kier molecular flexibility index (Phi) is 5.24. The van der Waals surface area contributed by atoms with Gasteiger partial charge >= 0.3 is 0 Å². The second kappa shape index (κ2) is 8.11. The van der Waals surface area contributed by atoms with Crippen LogP contribution in [0.25, 0.3) is 0 Å². The fourth-order valence-electron chi connectivity index (χ4n) is 4.80. The van der Waals surface area contributed by atoms with Crippen LogP contribution in [0, 0.1) is 0 Å². The lowest BCUT2D eigenvalue weighted by atomic mass is 9.91. The highest BCUT2D eigenvalue weighted by molar-refractivity contribution is 6.25. The first kappa shape index (κ1) is 21.3. The fraction of sp³-hybridized carbons (Fsp3) is 0.435. The predicted molar refractivity (Wildman–Crippen MR) is 118 cm³/mol. The van der Waals surface area contributed by atoms with Crippen molar-refractivity contribution in [3.05, 3.63) is 47.3 Å². The van der Waals surface area contributed by atoms with Gasteiger partial charge in [0.05, 0.1) is 22.9 Å². The number of nitrogens with zero attached hydrogens (tertiary/aromatic N) is 3. The zero-order chi connectivity index (χ0) is 23.2. The van der Waals surface area contributed by atoms with Gasteiger partial charge in [0.25, 0.3) is 11.8 Å². The van der Waals surface area contributed by atoms with Gasteiger partial charge in [0.2, 0.25) is 11.8 Å². The lowest BCUT2D eigenvalue weighted by Gasteiger charge is -2.34. The summed E-state index contributed by atoms with van der Waals surface area (Å²) < 4.78 is 2.01. The van der Waals surface area contributed by atoms with Gasteiger partial charge in [-0.2, -0.15) is 5.10 Å². The molecule has 33 heavy (non-hydrogen) atoms. The van der Waals surface area contributed by atoms with Gasteiger partial charge in [-0.15, -0.1) is 0 Å². The molecule has 0 saturated carbocycles. The third-order valence-corrected chi connectivity index (χ3v) is 6.82.